The summed E-state index contributed by atoms with van der Waals surface area (Å²) in [6.07, 6.45) is 0.850. The van der Waals surface area contributed by atoms with Crippen molar-refractivity contribution < 1.29 is 14.6 Å². The Hall–Kier alpha value is -2.53. The van der Waals surface area contributed by atoms with E-state index in [1.54, 1.807) is 12.0 Å². The van der Waals surface area contributed by atoms with Crippen LogP contribution in [0.15, 0.2) is 54.6 Å². The number of rotatable bonds is 5. The quantitative estimate of drug-likeness (QED) is 0.880. The zero-order chi connectivity index (χ0) is 17.6. The Morgan fingerprint density at radius 2 is 1.88 bits per heavy atom. The molecule has 2 unspecified atom stereocenters. The number of urea groups is 1. The van der Waals surface area contributed by atoms with E-state index in [9.17, 15) is 9.90 Å². The highest BCUT2D eigenvalue weighted by Gasteiger charge is 2.27. The number of aliphatic hydroxyl groups is 1. The van der Waals surface area contributed by atoms with Gasteiger partial charge in [0.15, 0.2) is 0 Å². The number of carbonyl (C=O) groups excluding carboxylic acids is 1. The van der Waals surface area contributed by atoms with Gasteiger partial charge in [-0.3, -0.25) is 0 Å². The van der Waals surface area contributed by atoms with E-state index < -0.39 is 0 Å². The van der Waals surface area contributed by atoms with Crippen molar-refractivity contribution in [3.05, 3.63) is 65.7 Å². The SMILES string of the molecule is COc1ccc(C(NC(=O)N2CCC(CO)C2)c2ccccc2)cc1. The summed E-state index contributed by atoms with van der Waals surface area (Å²) in [6, 6.07) is 17.3. The topological polar surface area (TPSA) is 61.8 Å². The fraction of sp³-hybridized carbons (Fsp3) is 0.350. The maximum Gasteiger partial charge on any atom is 0.318 e. The minimum absolute atomic E-state index is 0.0966. The molecule has 5 heteroatoms. The van der Waals surface area contributed by atoms with Crippen molar-refractivity contribution >= 4 is 6.03 Å². The van der Waals surface area contributed by atoms with Crippen molar-refractivity contribution in [2.45, 2.75) is 12.5 Å². The zero-order valence-electron chi connectivity index (χ0n) is 14.4. The van der Waals surface area contributed by atoms with Crippen molar-refractivity contribution in [1.29, 1.82) is 0 Å². The normalized spacial score (nSPS) is 18.0. The van der Waals surface area contributed by atoms with E-state index in [0.717, 1.165) is 23.3 Å². The fourth-order valence-corrected chi connectivity index (χ4v) is 3.18. The average Bonchev–Trinajstić information content (AvgIpc) is 3.16. The molecule has 1 heterocycles. The predicted molar refractivity (Wildman–Crippen MR) is 96.6 cm³/mol. The van der Waals surface area contributed by atoms with Crippen molar-refractivity contribution in [1.82, 2.24) is 10.2 Å². The smallest absolute Gasteiger partial charge is 0.318 e. The van der Waals surface area contributed by atoms with Crippen LogP contribution in [0.3, 0.4) is 0 Å². The molecule has 1 fully saturated rings. The van der Waals surface area contributed by atoms with E-state index in [2.05, 4.69) is 5.32 Å². The van der Waals surface area contributed by atoms with Gasteiger partial charge in [0.25, 0.3) is 0 Å². The van der Waals surface area contributed by atoms with Gasteiger partial charge >= 0.3 is 6.03 Å². The number of methoxy groups -OCH3 is 1. The Bertz CT molecular complexity index is 688. The molecule has 1 aliphatic rings. The molecule has 2 amide bonds. The van der Waals surface area contributed by atoms with Crippen LogP contribution < -0.4 is 10.1 Å². The second kappa shape index (κ2) is 8.03. The van der Waals surface area contributed by atoms with Crippen LogP contribution in [0.1, 0.15) is 23.6 Å². The van der Waals surface area contributed by atoms with Gasteiger partial charge in [-0.2, -0.15) is 0 Å². The van der Waals surface area contributed by atoms with E-state index in [-0.39, 0.29) is 24.6 Å². The number of carbonyl (C=O) groups is 1. The van der Waals surface area contributed by atoms with E-state index in [0.29, 0.717) is 13.1 Å². The van der Waals surface area contributed by atoms with Crippen LogP contribution in [-0.4, -0.2) is 42.8 Å². The van der Waals surface area contributed by atoms with Crippen LogP contribution in [0.4, 0.5) is 4.79 Å². The summed E-state index contributed by atoms with van der Waals surface area (Å²) in [5, 5.41) is 12.4. The minimum atomic E-state index is -0.229. The fourth-order valence-electron chi connectivity index (χ4n) is 3.18. The number of benzene rings is 2. The Kier molecular flexibility index (Phi) is 5.56. The molecule has 0 spiro atoms. The molecule has 0 aromatic heterocycles. The van der Waals surface area contributed by atoms with E-state index in [1.165, 1.54) is 0 Å². The number of amides is 2. The Balaban J connectivity index is 1.80. The molecule has 3 rings (SSSR count). The van der Waals surface area contributed by atoms with Crippen LogP contribution in [0.2, 0.25) is 0 Å². The molecule has 0 bridgehead atoms. The Morgan fingerprint density at radius 3 is 2.48 bits per heavy atom. The van der Waals surface area contributed by atoms with Crippen molar-refractivity contribution in [2.75, 3.05) is 26.8 Å². The average molecular weight is 340 g/mol. The molecule has 2 atom stereocenters. The third kappa shape index (κ3) is 4.12. The third-order valence-electron chi connectivity index (χ3n) is 4.68. The highest BCUT2D eigenvalue weighted by Crippen LogP contribution is 2.25. The molecule has 1 aliphatic heterocycles. The van der Waals surface area contributed by atoms with Gasteiger partial charge in [0.2, 0.25) is 0 Å². The molecule has 2 aromatic rings. The van der Waals surface area contributed by atoms with Crippen LogP contribution in [-0.2, 0) is 0 Å². The van der Waals surface area contributed by atoms with E-state index in [1.807, 2.05) is 54.6 Å². The maximum absolute atomic E-state index is 12.7. The zero-order valence-corrected chi connectivity index (χ0v) is 14.4. The first-order chi connectivity index (χ1) is 12.2. The molecule has 132 valence electrons. The van der Waals surface area contributed by atoms with Gasteiger partial charge in [-0.25, -0.2) is 4.79 Å². The number of likely N-dealkylation sites (tertiary alicyclic amines) is 1. The lowest BCUT2D eigenvalue weighted by Crippen LogP contribution is -2.40. The van der Waals surface area contributed by atoms with Crippen molar-refractivity contribution in [3.63, 3.8) is 0 Å². The first-order valence-corrected chi connectivity index (χ1v) is 8.56. The summed E-state index contributed by atoms with van der Waals surface area (Å²) in [4.78, 5) is 14.5. The molecule has 2 aromatic carbocycles. The molecular weight excluding hydrogens is 316 g/mol. The second-order valence-corrected chi connectivity index (χ2v) is 6.35. The summed E-state index contributed by atoms with van der Waals surface area (Å²) >= 11 is 0. The minimum Gasteiger partial charge on any atom is -0.497 e. The predicted octanol–water partition coefficient (Wildman–Crippen LogP) is 2.81. The van der Waals surface area contributed by atoms with Gasteiger partial charge in [0.05, 0.1) is 13.2 Å². The summed E-state index contributed by atoms with van der Waals surface area (Å²) in [7, 11) is 1.64. The monoisotopic (exact) mass is 340 g/mol. The highest BCUT2D eigenvalue weighted by molar-refractivity contribution is 5.75. The molecule has 2 N–H and O–H groups in total. The standard InChI is InChI=1S/C20H24N2O3/c1-25-18-9-7-17(8-10-18)19(16-5-3-2-4-6-16)21-20(24)22-12-11-15(13-22)14-23/h2-10,15,19,23H,11-14H2,1H3,(H,21,24). The lowest BCUT2D eigenvalue weighted by molar-refractivity contribution is 0.196. The first kappa shape index (κ1) is 17.3. The highest BCUT2D eigenvalue weighted by atomic mass is 16.5. The maximum atomic E-state index is 12.7. The number of nitrogens with one attached hydrogen (secondary N) is 1. The number of aliphatic hydroxyl groups excluding tert-OH is 1. The number of hydrogen-bond acceptors (Lipinski definition) is 3. The molecule has 1 saturated heterocycles. The molecule has 0 saturated carbocycles. The van der Waals surface area contributed by atoms with Gasteiger partial charge in [-0.15, -0.1) is 0 Å². The number of hydrogen-bond donors (Lipinski definition) is 2. The lowest BCUT2D eigenvalue weighted by atomic mass is 9.99. The molecule has 0 radical (unpaired) electrons. The van der Waals surface area contributed by atoms with Crippen LogP contribution >= 0.6 is 0 Å². The lowest BCUT2D eigenvalue weighted by Gasteiger charge is -2.24. The Morgan fingerprint density at radius 1 is 1.20 bits per heavy atom. The van der Waals surface area contributed by atoms with Gasteiger partial charge < -0.3 is 20.1 Å². The van der Waals surface area contributed by atoms with Crippen LogP contribution in [0, 0.1) is 5.92 Å². The summed E-state index contributed by atoms with van der Waals surface area (Å²) < 4.78 is 5.22. The summed E-state index contributed by atoms with van der Waals surface area (Å²) in [6.45, 7) is 1.41. The summed E-state index contributed by atoms with van der Waals surface area (Å²) in [5.41, 5.74) is 2.03. The third-order valence-corrected chi connectivity index (χ3v) is 4.68. The Labute approximate surface area is 148 Å². The van der Waals surface area contributed by atoms with Gasteiger partial charge in [-0.1, -0.05) is 42.5 Å². The number of ether oxygens (including phenoxy) is 1. The van der Waals surface area contributed by atoms with Crippen molar-refractivity contribution in [2.24, 2.45) is 5.92 Å². The molecule has 0 aliphatic carbocycles. The van der Waals surface area contributed by atoms with Crippen LogP contribution in [0.5, 0.6) is 5.75 Å². The second-order valence-electron chi connectivity index (χ2n) is 6.35. The molecular formula is C20H24N2O3. The first-order valence-electron chi connectivity index (χ1n) is 8.56. The van der Waals surface area contributed by atoms with E-state index in [4.69, 9.17) is 4.74 Å². The van der Waals surface area contributed by atoms with Gasteiger partial charge in [-0.05, 0) is 29.7 Å². The molecule has 5 nitrogen and oxygen atoms in total. The van der Waals surface area contributed by atoms with Crippen LogP contribution in [0.25, 0.3) is 0 Å². The van der Waals surface area contributed by atoms with Crippen molar-refractivity contribution in [3.8, 4) is 5.75 Å². The summed E-state index contributed by atoms with van der Waals surface area (Å²) in [5.74, 6) is 0.967. The molecule has 25 heavy (non-hydrogen) atoms. The number of nitrogens with zero attached hydrogens (tertiary/aromatic N) is 1. The largest absolute Gasteiger partial charge is 0.497 e. The van der Waals surface area contributed by atoms with E-state index >= 15 is 0 Å². The van der Waals surface area contributed by atoms with Gasteiger partial charge in [0, 0.05) is 25.6 Å². The van der Waals surface area contributed by atoms with Gasteiger partial charge in [0.1, 0.15) is 5.75 Å².